The summed E-state index contributed by atoms with van der Waals surface area (Å²) < 4.78 is 23.1. The lowest BCUT2D eigenvalue weighted by Gasteiger charge is -2.26. The summed E-state index contributed by atoms with van der Waals surface area (Å²) in [5.41, 5.74) is 14.2. The van der Waals surface area contributed by atoms with Crippen molar-refractivity contribution in [1.29, 1.82) is 0 Å². The van der Waals surface area contributed by atoms with Gasteiger partial charge in [-0.15, -0.1) is 0 Å². The summed E-state index contributed by atoms with van der Waals surface area (Å²) in [6, 6.07) is 13.2. The second-order valence-corrected chi connectivity index (χ2v) is 10.9. The largest absolute Gasteiger partial charge is 0.368 e. The fourth-order valence-corrected chi connectivity index (χ4v) is 4.83. The monoisotopic (exact) mass is 494 g/mol. The first-order valence-corrected chi connectivity index (χ1v) is 13.1. The van der Waals surface area contributed by atoms with Crippen molar-refractivity contribution in [2.45, 2.75) is 25.6 Å². The van der Waals surface area contributed by atoms with Gasteiger partial charge in [-0.25, -0.2) is 8.42 Å². The molecule has 1 saturated heterocycles. The Labute approximate surface area is 206 Å². The highest BCUT2D eigenvalue weighted by molar-refractivity contribution is 7.91. The molecule has 0 bridgehead atoms. The molecule has 0 aromatic heterocycles. The number of allylic oxidation sites excluding steroid dienone is 1. The van der Waals surface area contributed by atoms with E-state index in [0.717, 1.165) is 23.2 Å². The Hall–Kier alpha value is -3.45. The Kier molecular flexibility index (Phi) is 8.82. The summed E-state index contributed by atoms with van der Waals surface area (Å²) >= 11 is 0. The number of benzene rings is 2. The first-order valence-electron chi connectivity index (χ1n) is 11.3. The van der Waals surface area contributed by atoms with Gasteiger partial charge in [-0.3, -0.25) is 14.5 Å². The molecule has 2 amide bonds. The van der Waals surface area contributed by atoms with E-state index in [9.17, 15) is 18.0 Å². The van der Waals surface area contributed by atoms with Gasteiger partial charge in [0.05, 0.1) is 11.5 Å². The molecular formula is C26H30N4O4S. The Morgan fingerprint density at radius 1 is 1.09 bits per heavy atom. The second-order valence-electron chi connectivity index (χ2n) is 8.56. The number of amides is 2. The number of carbonyl (C=O) groups is 2. The molecule has 0 radical (unpaired) electrons. The summed E-state index contributed by atoms with van der Waals surface area (Å²) in [6.07, 6.45) is 3.57. The van der Waals surface area contributed by atoms with E-state index in [2.05, 4.69) is 22.1 Å². The minimum atomic E-state index is -2.87. The molecule has 0 spiro atoms. The van der Waals surface area contributed by atoms with Crippen LogP contribution in [0.5, 0.6) is 0 Å². The fourth-order valence-electron chi connectivity index (χ4n) is 3.55. The third-order valence-electron chi connectivity index (χ3n) is 5.66. The van der Waals surface area contributed by atoms with Crippen LogP contribution in [-0.2, 0) is 21.2 Å². The highest BCUT2D eigenvalue weighted by atomic mass is 32.2. The first kappa shape index (κ1) is 26.2. The van der Waals surface area contributed by atoms with E-state index >= 15 is 0 Å². The average Bonchev–Trinajstić information content (AvgIpc) is 2.82. The van der Waals surface area contributed by atoms with Gasteiger partial charge in [-0.2, -0.15) is 0 Å². The van der Waals surface area contributed by atoms with Crippen molar-refractivity contribution in [1.82, 2.24) is 10.2 Å². The molecule has 35 heavy (non-hydrogen) atoms. The molecule has 5 N–H and O–H groups in total. The Morgan fingerprint density at radius 2 is 1.71 bits per heavy atom. The maximum atomic E-state index is 12.3. The standard InChI is InChI=1S/C26H30N4O4S/c1-19(27)24(25(28)31)29-26(32)23-12-10-21(11-13-23)5-3-2-4-20-6-8-22(9-7-20)18-30-14-16-35(33,34)17-15-30/h3,5-13,19,24H,14-18,27H2,1H3,(H2,28,31)(H,29,32)/b5-3+/t19-,24+/m1/s1. The number of nitrogens with one attached hydrogen (secondary N) is 1. The zero-order chi connectivity index (χ0) is 25.4. The highest BCUT2D eigenvalue weighted by Gasteiger charge is 2.23. The van der Waals surface area contributed by atoms with Crippen LogP contribution < -0.4 is 16.8 Å². The van der Waals surface area contributed by atoms with Gasteiger partial charge < -0.3 is 16.8 Å². The van der Waals surface area contributed by atoms with Crippen molar-refractivity contribution < 1.29 is 18.0 Å². The number of hydrogen-bond donors (Lipinski definition) is 3. The summed E-state index contributed by atoms with van der Waals surface area (Å²) in [7, 11) is -2.87. The molecule has 8 nitrogen and oxygen atoms in total. The molecule has 3 rings (SSSR count). The predicted octanol–water partition coefficient (Wildman–Crippen LogP) is 0.913. The van der Waals surface area contributed by atoms with Crippen LogP contribution in [0, 0.1) is 11.8 Å². The van der Waals surface area contributed by atoms with E-state index < -0.39 is 33.7 Å². The van der Waals surface area contributed by atoms with Crippen molar-refractivity contribution in [3.63, 3.8) is 0 Å². The van der Waals surface area contributed by atoms with Crippen molar-refractivity contribution in [3.8, 4) is 11.8 Å². The van der Waals surface area contributed by atoms with E-state index in [0.29, 0.717) is 18.7 Å². The van der Waals surface area contributed by atoms with E-state index in [1.165, 1.54) is 0 Å². The van der Waals surface area contributed by atoms with Gasteiger partial charge in [0, 0.05) is 36.8 Å². The Bertz CT molecular complexity index is 1230. The molecule has 1 heterocycles. The minimum Gasteiger partial charge on any atom is -0.368 e. The molecule has 9 heteroatoms. The zero-order valence-corrected chi connectivity index (χ0v) is 20.4. The molecule has 0 aliphatic carbocycles. The SMILES string of the molecule is C[C@@H](N)[C@H](NC(=O)c1ccc(/C=C/C#Cc2ccc(CN3CCS(=O)(=O)CC3)cc2)cc1)C(N)=O. The smallest absolute Gasteiger partial charge is 0.251 e. The van der Waals surface area contributed by atoms with Gasteiger partial charge in [-0.1, -0.05) is 36.1 Å². The van der Waals surface area contributed by atoms with Crippen LogP contribution in [0.2, 0.25) is 0 Å². The normalized spacial score (nSPS) is 17.2. The Morgan fingerprint density at radius 3 is 2.29 bits per heavy atom. The zero-order valence-electron chi connectivity index (χ0n) is 19.6. The van der Waals surface area contributed by atoms with Gasteiger partial charge in [-0.05, 0) is 54.5 Å². The van der Waals surface area contributed by atoms with Gasteiger partial charge in [0.25, 0.3) is 5.91 Å². The molecule has 0 unspecified atom stereocenters. The molecule has 2 aromatic rings. The number of nitrogens with zero attached hydrogens (tertiary/aromatic N) is 1. The van der Waals surface area contributed by atoms with Crippen LogP contribution in [0.3, 0.4) is 0 Å². The molecular weight excluding hydrogens is 464 g/mol. The van der Waals surface area contributed by atoms with Crippen molar-refractivity contribution in [2.24, 2.45) is 11.5 Å². The van der Waals surface area contributed by atoms with Gasteiger partial charge in [0.1, 0.15) is 6.04 Å². The van der Waals surface area contributed by atoms with Crippen LogP contribution in [0.1, 0.15) is 34.0 Å². The summed E-state index contributed by atoms with van der Waals surface area (Å²) in [6.45, 7) is 3.47. The Balaban J connectivity index is 1.52. The lowest BCUT2D eigenvalue weighted by molar-refractivity contribution is -0.120. The lowest BCUT2D eigenvalue weighted by Crippen LogP contribution is -2.53. The number of carbonyl (C=O) groups excluding carboxylic acids is 2. The van der Waals surface area contributed by atoms with Crippen LogP contribution in [-0.4, -0.2) is 61.8 Å². The van der Waals surface area contributed by atoms with E-state index in [4.69, 9.17) is 11.5 Å². The topological polar surface area (TPSA) is 136 Å². The average molecular weight is 495 g/mol. The van der Waals surface area contributed by atoms with E-state index in [1.807, 2.05) is 30.3 Å². The number of nitrogens with two attached hydrogens (primary N) is 2. The molecule has 0 saturated carbocycles. The maximum absolute atomic E-state index is 12.3. The summed E-state index contributed by atoms with van der Waals surface area (Å²) in [5.74, 6) is 5.42. The molecule has 2 atom stereocenters. The van der Waals surface area contributed by atoms with Gasteiger partial charge in [0.2, 0.25) is 5.91 Å². The minimum absolute atomic E-state index is 0.224. The molecule has 1 aliphatic heterocycles. The molecule has 1 aliphatic rings. The van der Waals surface area contributed by atoms with Gasteiger partial charge >= 0.3 is 0 Å². The number of rotatable bonds is 7. The lowest BCUT2D eigenvalue weighted by atomic mass is 10.1. The number of sulfone groups is 1. The van der Waals surface area contributed by atoms with Gasteiger partial charge in [0.15, 0.2) is 9.84 Å². The van der Waals surface area contributed by atoms with Crippen LogP contribution in [0.4, 0.5) is 0 Å². The highest BCUT2D eigenvalue weighted by Crippen LogP contribution is 2.11. The van der Waals surface area contributed by atoms with Crippen LogP contribution in [0.25, 0.3) is 6.08 Å². The third-order valence-corrected chi connectivity index (χ3v) is 7.27. The first-order chi connectivity index (χ1) is 16.6. The van der Waals surface area contributed by atoms with Crippen LogP contribution in [0.15, 0.2) is 54.6 Å². The van der Waals surface area contributed by atoms with Crippen molar-refractivity contribution >= 4 is 27.7 Å². The second kappa shape index (κ2) is 11.8. The quantitative estimate of drug-likeness (QED) is 0.490. The summed E-state index contributed by atoms with van der Waals surface area (Å²) in [5, 5.41) is 2.55. The number of primary amides is 1. The van der Waals surface area contributed by atoms with E-state index in [1.54, 1.807) is 37.3 Å². The molecule has 2 aromatic carbocycles. The third kappa shape index (κ3) is 8.07. The maximum Gasteiger partial charge on any atom is 0.251 e. The van der Waals surface area contributed by atoms with E-state index in [-0.39, 0.29) is 11.5 Å². The van der Waals surface area contributed by atoms with Crippen LogP contribution >= 0.6 is 0 Å². The molecule has 1 fully saturated rings. The fraction of sp³-hybridized carbons (Fsp3) is 0.308. The predicted molar refractivity (Wildman–Crippen MR) is 137 cm³/mol. The number of hydrogen-bond acceptors (Lipinski definition) is 6. The van der Waals surface area contributed by atoms with Crippen molar-refractivity contribution in [2.75, 3.05) is 24.6 Å². The van der Waals surface area contributed by atoms with Crippen molar-refractivity contribution in [3.05, 3.63) is 76.9 Å². The molecule has 184 valence electrons. The summed E-state index contributed by atoms with van der Waals surface area (Å²) in [4.78, 5) is 25.9.